The van der Waals surface area contributed by atoms with E-state index in [4.69, 9.17) is 0 Å². The predicted octanol–water partition coefficient (Wildman–Crippen LogP) is 1.57. The van der Waals surface area contributed by atoms with Gasteiger partial charge >= 0.3 is 0 Å². The summed E-state index contributed by atoms with van der Waals surface area (Å²) in [4.78, 5) is 11.9. The normalized spacial score (nSPS) is 15.5. The predicted molar refractivity (Wildman–Crippen MR) is 66.4 cm³/mol. The summed E-state index contributed by atoms with van der Waals surface area (Å²) in [6.07, 6.45) is 9.53. The monoisotopic (exact) mass is 244 g/mol. The van der Waals surface area contributed by atoms with Crippen LogP contribution in [0.2, 0.25) is 0 Å². The molecule has 0 amide bonds. The molecule has 0 fully saturated rings. The van der Waals surface area contributed by atoms with E-state index in [1.165, 1.54) is 5.56 Å². The number of nitrogens with zero attached hydrogens (tertiary/aromatic N) is 4. The second kappa shape index (κ2) is 4.40. The molecule has 0 saturated carbocycles. The number of aromatic nitrogens is 4. The Hall–Kier alpha value is -1.91. The van der Waals surface area contributed by atoms with E-state index in [9.17, 15) is 4.79 Å². The van der Waals surface area contributed by atoms with Crippen LogP contribution in [0.5, 0.6) is 0 Å². The molecule has 94 valence electrons. The van der Waals surface area contributed by atoms with E-state index in [2.05, 4.69) is 16.4 Å². The number of carbonyl (C=O) groups excluding carboxylic acids is 1. The maximum Gasteiger partial charge on any atom is 0.164 e. The third-order valence-electron chi connectivity index (χ3n) is 3.49. The fourth-order valence-electron chi connectivity index (χ4n) is 2.45. The fraction of sp³-hybridized carbons (Fsp3) is 0.462. The van der Waals surface area contributed by atoms with Gasteiger partial charge in [0.1, 0.15) is 6.33 Å². The summed E-state index contributed by atoms with van der Waals surface area (Å²) in [7, 11) is 1.93. The molecule has 0 N–H and O–H groups in total. The Morgan fingerprint density at radius 2 is 2.11 bits per heavy atom. The first kappa shape index (κ1) is 11.2. The Bertz CT molecular complexity index is 582. The lowest BCUT2D eigenvalue weighted by Gasteiger charge is -2.02. The van der Waals surface area contributed by atoms with Crippen molar-refractivity contribution in [2.75, 3.05) is 0 Å². The number of ketones is 1. The summed E-state index contributed by atoms with van der Waals surface area (Å²) in [6.45, 7) is 0.663. The molecular formula is C13H16N4O. The van der Waals surface area contributed by atoms with Crippen LogP contribution in [0.3, 0.4) is 0 Å². The van der Waals surface area contributed by atoms with E-state index in [1.807, 2.05) is 22.4 Å². The molecule has 0 aromatic carbocycles. The largest absolute Gasteiger partial charge is 0.346 e. The maximum absolute atomic E-state index is 11.9. The van der Waals surface area contributed by atoms with Crippen LogP contribution in [-0.4, -0.2) is 25.1 Å². The third kappa shape index (κ3) is 1.96. The van der Waals surface area contributed by atoms with Crippen molar-refractivity contribution in [1.29, 1.82) is 0 Å². The van der Waals surface area contributed by atoms with Gasteiger partial charge in [-0.25, -0.2) is 0 Å². The highest BCUT2D eigenvalue weighted by atomic mass is 16.1. The molecule has 0 aliphatic heterocycles. The van der Waals surface area contributed by atoms with Gasteiger partial charge in [-0.3, -0.25) is 4.79 Å². The average Bonchev–Trinajstić information content (AvgIpc) is 2.89. The van der Waals surface area contributed by atoms with Gasteiger partial charge in [-0.05, 0) is 24.8 Å². The number of Topliss-reactive ketones (excluding diaryl/α,β-unsaturated/α-hetero) is 1. The smallest absolute Gasteiger partial charge is 0.164 e. The summed E-state index contributed by atoms with van der Waals surface area (Å²) < 4.78 is 3.94. The molecular weight excluding hydrogens is 228 g/mol. The molecule has 2 heterocycles. The molecule has 0 bridgehead atoms. The molecule has 1 aliphatic rings. The van der Waals surface area contributed by atoms with E-state index < -0.39 is 0 Å². The molecule has 18 heavy (non-hydrogen) atoms. The van der Waals surface area contributed by atoms with Crippen molar-refractivity contribution in [3.8, 4) is 0 Å². The van der Waals surface area contributed by atoms with Crippen molar-refractivity contribution in [2.45, 2.75) is 32.2 Å². The SMILES string of the molecule is Cn1cnnc1Cn1cc2c(c1)C(=O)CCCC2. The Labute approximate surface area is 105 Å². The van der Waals surface area contributed by atoms with Crippen molar-refractivity contribution in [1.82, 2.24) is 19.3 Å². The van der Waals surface area contributed by atoms with E-state index in [0.717, 1.165) is 30.7 Å². The van der Waals surface area contributed by atoms with Crippen LogP contribution in [0.15, 0.2) is 18.7 Å². The first-order chi connectivity index (χ1) is 8.74. The van der Waals surface area contributed by atoms with Crippen LogP contribution in [0, 0.1) is 0 Å². The minimum Gasteiger partial charge on any atom is -0.346 e. The molecule has 5 nitrogen and oxygen atoms in total. The molecule has 2 aromatic heterocycles. The maximum atomic E-state index is 11.9. The lowest BCUT2D eigenvalue weighted by molar-refractivity contribution is 0.0982. The number of carbonyl (C=O) groups is 1. The molecule has 1 aliphatic carbocycles. The van der Waals surface area contributed by atoms with Gasteiger partial charge in [-0.1, -0.05) is 0 Å². The third-order valence-corrected chi connectivity index (χ3v) is 3.49. The van der Waals surface area contributed by atoms with Crippen LogP contribution in [0.25, 0.3) is 0 Å². The molecule has 0 radical (unpaired) electrons. The topological polar surface area (TPSA) is 52.7 Å². The van der Waals surface area contributed by atoms with Gasteiger partial charge in [0.25, 0.3) is 0 Å². The molecule has 0 unspecified atom stereocenters. The lowest BCUT2D eigenvalue weighted by atomic mass is 10.1. The Balaban J connectivity index is 1.89. The van der Waals surface area contributed by atoms with Crippen LogP contribution < -0.4 is 0 Å². The fourth-order valence-corrected chi connectivity index (χ4v) is 2.45. The summed E-state index contributed by atoms with van der Waals surface area (Å²) in [6, 6.07) is 0. The van der Waals surface area contributed by atoms with Crippen molar-refractivity contribution in [3.63, 3.8) is 0 Å². The summed E-state index contributed by atoms with van der Waals surface area (Å²) in [5, 5.41) is 7.92. The van der Waals surface area contributed by atoms with Crippen LogP contribution >= 0.6 is 0 Å². The van der Waals surface area contributed by atoms with Crippen molar-refractivity contribution in [3.05, 3.63) is 35.7 Å². The summed E-state index contributed by atoms with van der Waals surface area (Å²) in [5.74, 6) is 1.17. The van der Waals surface area contributed by atoms with Crippen molar-refractivity contribution >= 4 is 5.78 Å². The highest BCUT2D eigenvalue weighted by Gasteiger charge is 2.18. The molecule has 0 spiro atoms. The van der Waals surface area contributed by atoms with E-state index in [0.29, 0.717) is 13.0 Å². The number of fused-ring (bicyclic) bond motifs is 1. The van der Waals surface area contributed by atoms with Crippen molar-refractivity contribution in [2.24, 2.45) is 7.05 Å². The quantitative estimate of drug-likeness (QED) is 0.753. The standard InChI is InChI=1S/C13H16N4O/c1-16-9-14-15-13(16)8-17-6-10-4-2-3-5-12(18)11(10)7-17/h6-7,9H,2-5,8H2,1H3. The van der Waals surface area contributed by atoms with Crippen LogP contribution in [-0.2, 0) is 20.0 Å². The van der Waals surface area contributed by atoms with Gasteiger partial charge in [-0.15, -0.1) is 10.2 Å². The summed E-state index contributed by atoms with van der Waals surface area (Å²) in [5.41, 5.74) is 2.08. The second-order valence-electron chi connectivity index (χ2n) is 4.86. The van der Waals surface area contributed by atoms with Crippen molar-refractivity contribution < 1.29 is 4.79 Å². The molecule has 0 saturated heterocycles. The zero-order valence-electron chi connectivity index (χ0n) is 10.5. The van der Waals surface area contributed by atoms with Gasteiger partial charge in [-0.2, -0.15) is 0 Å². The highest BCUT2D eigenvalue weighted by Crippen LogP contribution is 2.21. The molecule has 3 rings (SSSR count). The minimum absolute atomic E-state index is 0.277. The first-order valence-corrected chi connectivity index (χ1v) is 6.29. The summed E-state index contributed by atoms with van der Waals surface area (Å²) >= 11 is 0. The van der Waals surface area contributed by atoms with E-state index in [-0.39, 0.29) is 5.78 Å². The van der Waals surface area contributed by atoms with Gasteiger partial charge in [0.2, 0.25) is 0 Å². The first-order valence-electron chi connectivity index (χ1n) is 6.29. The van der Waals surface area contributed by atoms with Gasteiger partial charge in [0, 0.05) is 31.4 Å². The van der Waals surface area contributed by atoms with Crippen LogP contribution in [0.4, 0.5) is 0 Å². The zero-order chi connectivity index (χ0) is 12.5. The molecule has 2 aromatic rings. The molecule has 0 atom stereocenters. The number of hydrogen-bond donors (Lipinski definition) is 0. The lowest BCUT2D eigenvalue weighted by Crippen LogP contribution is -2.04. The van der Waals surface area contributed by atoms with Gasteiger partial charge in [0.05, 0.1) is 6.54 Å². The Morgan fingerprint density at radius 3 is 2.89 bits per heavy atom. The number of hydrogen-bond acceptors (Lipinski definition) is 3. The molecule has 5 heteroatoms. The number of rotatable bonds is 2. The van der Waals surface area contributed by atoms with Gasteiger partial charge < -0.3 is 9.13 Å². The number of aryl methyl sites for hydroxylation is 2. The zero-order valence-corrected chi connectivity index (χ0v) is 10.5. The van der Waals surface area contributed by atoms with E-state index in [1.54, 1.807) is 6.33 Å². The Morgan fingerprint density at radius 1 is 1.28 bits per heavy atom. The van der Waals surface area contributed by atoms with Crippen LogP contribution in [0.1, 0.15) is 41.0 Å². The van der Waals surface area contributed by atoms with Gasteiger partial charge in [0.15, 0.2) is 11.6 Å². The average molecular weight is 244 g/mol. The Kier molecular flexibility index (Phi) is 2.74. The second-order valence-corrected chi connectivity index (χ2v) is 4.86. The van der Waals surface area contributed by atoms with E-state index >= 15 is 0 Å². The highest BCUT2D eigenvalue weighted by molar-refractivity contribution is 5.97. The minimum atomic E-state index is 0.277.